The second-order valence-electron chi connectivity index (χ2n) is 14.2. The van der Waals surface area contributed by atoms with Crippen LogP contribution in [0, 0.1) is 6.92 Å². The highest BCUT2D eigenvalue weighted by atomic mass is 19.3. The molecule has 2 heterocycles. The predicted octanol–water partition coefficient (Wildman–Crippen LogP) is 13.1. The van der Waals surface area contributed by atoms with E-state index in [0.29, 0.717) is 7.11 Å². The first-order valence-corrected chi connectivity index (χ1v) is 19.6. The van der Waals surface area contributed by atoms with E-state index in [1.807, 2.05) is 66.7 Å². The van der Waals surface area contributed by atoms with Crippen molar-refractivity contribution >= 4 is 22.1 Å². The van der Waals surface area contributed by atoms with Crippen LogP contribution >= 0.6 is 0 Å². The summed E-state index contributed by atoms with van der Waals surface area (Å²) >= 11 is 0. The van der Waals surface area contributed by atoms with E-state index in [1.165, 1.54) is 5.56 Å². The minimum atomic E-state index is -4.35. The molecule has 0 N–H and O–H groups in total. The molecular formula is C50H46F4N4O3. The van der Waals surface area contributed by atoms with Crippen molar-refractivity contribution in [3.63, 3.8) is 0 Å². The summed E-state index contributed by atoms with van der Waals surface area (Å²) in [4.78, 5) is 20.7. The summed E-state index contributed by atoms with van der Waals surface area (Å²) in [5.41, 5.74) is 14.1. The van der Waals surface area contributed by atoms with Crippen LogP contribution in [0.3, 0.4) is 0 Å². The van der Waals surface area contributed by atoms with Gasteiger partial charge < -0.3 is 14.2 Å². The monoisotopic (exact) mass is 826 g/mol. The Morgan fingerprint density at radius 3 is 1.18 bits per heavy atom. The van der Waals surface area contributed by atoms with E-state index in [2.05, 4.69) is 97.4 Å². The maximum absolute atomic E-state index is 11.7. The van der Waals surface area contributed by atoms with E-state index in [0.717, 1.165) is 97.0 Å². The van der Waals surface area contributed by atoms with E-state index < -0.39 is 12.0 Å². The molecule has 0 saturated heterocycles. The minimum absolute atomic E-state index is 0.0938. The largest absolute Gasteiger partial charge is 0.497 e. The lowest BCUT2D eigenvalue weighted by atomic mass is 10.0. The van der Waals surface area contributed by atoms with E-state index in [1.54, 1.807) is 14.2 Å². The number of aromatic nitrogens is 4. The number of benzene rings is 6. The lowest BCUT2D eigenvalue weighted by Crippen LogP contribution is -2.39. The van der Waals surface area contributed by atoms with Crippen molar-refractivity contribution < 1.29 is 31.8 Å². The van der Waals surface area contributed by atoms with Gasteiger partial charge in [0, 0.05) is 50.0 Å². The first-order valence-electron chi connectivity index (χ1n) is 19.6. The molecule has 0 saturated carbocycles. The Kier molecular flexibility index (Phi) is 14.2. The van der Waals surface area contributed by atoms with Crippen molar-refractivity contribution in [1.82, 2.24) is 19.9 Å². The fourth-order valence-corrected chi connectivity index (χ4v) is 6.31. The van der Waals surface area contributed by atoms with E-state index in [9.17, 15) is 17.6 Å². The highest BCUT2D eigenvalue weighted by Crippen LogP contribution is 2.36. The highest BCUT2D eigenvalue weighted by molar-refractivity contribution is 5.92. The van der Waals surface area contributed by atoms with Gasteiger partial charge in [-0.2, -0.15) is 17.6 Å². The molecule has 7 nitrogen and oxygen atoms in total. The number of alkyl halides is 4. The molecule has 0 fully saturated rings. The first-order chi connectivity index (χ1) is 29.3. The normalized spacial score (nSPS) is 11.4. The van der Waals surface area contributed by atoms with Gasteiger partial charge in [-0.1, -0.05) is 110 Å². The third-order valence-electron chi connectivity index (χ3n) is 9.62. The maximum Gasteiger partial charge on any atom is 0.418 e. The Morgan fingerprint density at radius 1 is 0.475 bits per heavy atom. The number of methoxy groups -OCH3 is 3. The molecule has 8 rings (SSSR count). The van der Waals surface area contributed by atoms with Crippen LogP contribution in [0.1, 0.15) is 25.8 Å². The predicted molar refractivity (Wildman–Crippen MR) is 236 cm³/mol. The molecule has 6 aromatic carbocycles. The van der Waals surface area contributed by atoms with Crippen molar-refractivity contribution in [2.45, 2.75) is 39.2 Å². The quantitative estimate of drug-likeness (QED) is 0.127. The van der Waals surface area contributed by atoms with Crippen LogP contribution < -0.4 is 4.74 Å². The number of rotatable bonds is 10. The van der Waals surface area contributed by atoms with Crippen LogP contribution in [0.5, 0.6) is 5.75 Å². The molecule has 0 aliphatic carbocycles. The van der Waals surface area contributed by atoms with Gasteiger partial charge in [-0.05, 0) is 73.0 Å². The number of fused-ring (bicyclic) bond motifs is 2. The van der Waals surface area contributed by atoms with Crippen LogP contribution in [0.25, 0.3) is 78.2 Å². The van der Waals surface area contributed by atoms with Gasteiger partial charge in [-0.25, -0.2) is 19.9 Å². The number of ether oxygens (including phenoxy) is 3. The summed E-state index contributed by atoms with van der Waals surface area (Å²) in [7, 11) is 3.91. The molecule has 8 aromatic rings. The summed E-state index contributed by atoms with van der Waals surface area (Å²) in [6, 6.07) is 49.5. The van der Waals surface area contributed by atoms with Crippen molar-refractivity contribution in [3.05, 3.63) is 151 Å². The highest BCUT2D eigenvalue weighted by Gasteiger charge is 2.53. The van der Waals surface area contributed by atoms with Gasteiger partial charge in [-0.3, -0.25) is 0 Å². The lowest BCUT2D eigenvalue weighted by Gasteiger charge is -2.20. The van der Waals surface area contributed by atoms with Gasteiger partial charge in [0.25, 0.3) is 0 Å². The Morgan fingerprint density at radius 2 is 0.852 bits per heavy atom. The van der Waals surface area contributed by atoms with Crippen molar-refractivity contribution in [2.75, 3.05) is 27.9 Å². The average Bonchev–Trinajstić information content (AvgIpc) is 3.29. The minimum Gasteiger partial charge on any atom is -0.497 e. The molecule has 0 unspecified atom stereocenters. The fourth-order valence-electron chi connectivity index (χ4n) is 6.31. The smallest absolute Gasteiger partial charge is 0.418 e. The molecule has 2 aromatic heterocycles. The van der Waals surface area contributed by atoms with Gasteiger partial charge in [0.15, 0.2) is 0 Å². The van der Waals surface area contributed by atoms with Gasteiger partial charge in [0.2, 0.25) is 0 Å². The number of aryl methyl sites for hydroxylation is 1. The van der Waals surface area contributed by atoms with Crippen LogP contribution in [0.2, 0.25) is 0 Å². The lowest BCUT2D eigenvalue weighted by molar-refractivity contribution is -0.330. The maximum atomic E-state index is 11.7. The van der Waals surface area contributed by atoms with Crippen LogP contribution in [-0.2, 0) is 9.47 Å². The summed E-state index contributed by atoms with van der Waals surface area (Å²) in [5, 5.41) is 0. The van der Waals surface area contributed by atoms with E-state index in [4.69, 9.17) is 29.4 Å². The first kappa shape index (κ1) is 44.0. The van der Waals surface area contributed by atoms with Gasteiger partial charge in [0.1, 0.15) is 5.75 Å². The topological polar surface area (TPSA) is 79.2 Å². The molecule has 0 spiro atoms. The van der Waals surface area contributed by atoms with E-state index >= 15 is 0 Å². The van der Waals surface area contributed by atoms with Crippen molar-refractivity contribution in [1.29, 1.82) is 0 Å². The number of hydrogen-bond acceptors (Lipinski definition) is 7. The standard InChI is InChI=1S/C42H30N4O.C4H6F4O.C4H10O/c1-27-13-15-30(16-14-27)42-39(28-9-5-3-6-10-28)43-35-23-19-33(26-38(35)46-42)32-20-24-36-37(25-32)45-40(29-11-7-4-8-12-29)41(44-36)31-17-21-34(47-2)22-18-31;1-3(5,6)4(7,8)9-2;1-3-4-5-2/h3-26H,1-2H3;1-2H3;3-4H2,1-2H3. The molecule has 0 radical (unpaired) electrons. The zero-order chi connectivity index (χ0) is 43.6. The zero-order valence-corrected chi connectivity index (χ0v) is 34.8. The second kappa shape index (κ2) is 19.7. The summed E-state index contributed by atoms with van der Waals surface area (Å²) < 4.78 is 59.9. The van der Waals surface area contributed by atoms with E-state index in [-0.39, 0.29) is 6.92 Å². The van der Waals surface area contributed by atoms with Gasteiger partial charge in [0.05, 0.1) is 52.0 Å². The van der Waals surface area contributed by atoms with Crippen LogP contribution in [0.4, 0.5) is 17.6 Å². The summed E-state index contributed by atoms with van der Waals surface area (Å²) in [6.07, 6.45) is -3.23. The van der Waals surface area contributed by atoms with Crippen molar-refractivity contribution in [2.24, 2.45) is 0 Å². The molecule has 11 heteroatoms. The second-order valence-corrected chi connectivity index (χ2v) is 14.2. The molecule has 0 bridgehead atoms. The van der Waals surface area contributed by atoms with Gasteiger partial charge in [-0.15, -0.1) is 0 Å². The molecule has 0 amide bonds. The zero-order valence-electron chi connectivity index (χ0n) is 34.8. The molecule has 0 aliphatic heterocycles. The molecule has 0 atom stereocenters. The molecular weight excluding hydrogens is 781 g/mol. The SMILES string of the molecule is CCCOC.COC(F)(F)C(C)(F)F.COc1ccc(-c2nc3ccc(-c4ccc5nc(-c6ccccc6)c(-c6ccc(C)cc6)nc5c4)cc3nc2-c2ccccc2)cc1. The third-order valence-corrected chi connectivity index (χ3v) is 9.62. The molecule has 61 heavy (non-hydrogen) atoms. The van der Waals surface area contributed by atoms with Crippen LogP contribution in [-0.4, -0.2) is 59.9 Å². The molecule has 0 aliphatic rings. The van der Waals surface area contributed by atoms with Crippen LogP contribution in [0.15, 0.2) is 146 Å². The number of nitrogens with zero attached hydrogens (tertiary/aromatic N) is 4. The van der Waals surface area contributed by atoms with Gasteiger partial charge >= 0.3 is 12.0 Å². The summed E-state index contributed by atoms with van der Waals surface area (Å²) in [5.74, 6) is -3.31. The number of hydrogen-bond donors (Lipinski definition) is 0. The number of halogens is 4. The fraction of sp³-hybridized carbons (Fsp3) is 0.200. The van der Waals surface area contributed by atoms with Crippen molar-refractivity contribution in [3.8, 4) is 61.9 Å². The molecule has 312 valence electrons. The Balaban J connectivity index is 0.000000385. The summed E-state index contributed by atoms with van der Waals surface area (Å²) in [6.45, 7) is 5.16. The third kappa shape index (κ3) is 10.6. The average molecular weight is 827 g/mol. The Labute approximate surface area is 353 Å². The Hall–Kier alpha value is -6.56. The Bertz CT molecular complexity index is 2670.